The maximum atomic E-state index is 5.60. The molecular weight excluding hydrogens is 139 g/mol. The number of hydrogen-bond acceptors (Lipinski definition) is 3. The van der Waals surface area contributed by atoms with Crippen molar-refractivity contribution in [1.82, 2.24) is 14.6 Å². The second kappa shape index (κ2) is 1.98. The Kier molecular flexibility index (Phi) is 1.12. The molecule has 2 aromatic heterocycles. The van der Waals surface area contributed by atoms with Gasteiger partial charge in [0.25, 0.3) is 0 Å². The summed E-state index contributed by atoms with van der Waals surface area (Å²) in [6, 6.07) is 1.95. The Morgan fingerprint density at radius 3 is 3.09 bits per heavy atom. The fourth-order valence-corrected chi connectivity index (χ4v) is 1.08. The summed E-state index contributed by atoms with van der Waals surface area (Å²) in [5.41, 5.74) is 7.60. The molecule has 2 aromatic rings. The lowest BCUT2D eigenvalue weighted by atomic mass is 10.0. The van der Waals surface area contributed by atoms with Gasteiger partial charge in [0.1, 0.15) is 19.7 Å². The predicted octanol–water partition coefficient (Wildman–Crippen LogP) is -1.43. The van der Waals surface area contributed by atoms with E-state index in [4.69, 9.17) is 5.73 Å². The molecule has 11 heavy (non-hydrogen) atoms. The van der Waals surface area contributed by atoms with E-state index in [9.17, 15) is 0 Å². The minimum Gasteiger partial charge on any atom is -0.382 e. The van der Waals surface area contributed by atoms with E-state index in [1.54, 1.807) is 4.52 Å². The largest absolute Gasteiger partial charge is 0.382 e. The Bertz CT molecular complexity index is 394. The number of hydrogen-bond donors (Lipinski definition) is 1. The average molecular weight is 146 g/mol. The highest BCUT2D eigenvalue weighted by atomic mass is 15.2. The molecule has 0 aliphatic heterocycles. The third-order valence-corrected chi connectivity index (χ3v) is 1.57. The quantitative estimate of drug-likeness (QED) is 0.463. The van der Waals surface area contributed by atoms with Crippen molar-refractivity contribution in [1.29, 1.82) is 0 Å². The van der Waals surface area contributed by atoms with Crippen molar-refractivity contribution in [2.45, 2.75) is 0 Å². The van der Waals surface area contributed by atoms with Crippen LogP contribution in [-0.4, -0.2) is 22.4 Å². The smallest absolute Gasteiger partial charge is 0.151 e. The zero-order chi connectivity index (χ0) is 7.84. The number of nitrogens with zero attached hydrogens (tertiary/aromatic N) is 3. The molecule has 0 aliphatic rings. The molecule has 2 heterocycles. The van der Waals surface area contributed by atoms with Gasteiger partial charge in [0, 0.05) is 6.20 Å². The van der Waals surface area contributed by atoms with Crippen LogP contribution in [0.5, 0.6) is 0 Å². The van der Waals surface area contributed by atoms with Crippen LogP contribution < -0.4 is 11.2 Å². The third-order valence-electron chi connectivity index (χ3n) is 1.57. The number of aromatic nitrogens is 3. The Morgan fingerprint density at radius 1 is 1.55 bits per heavy atom. The highest BCUT2D eigenvalue weighted by Gasteiger charge is 1.99. The second-order valence-electron chi connectivity index (χ2n) is 2.49. The van der Waals surface area contributed by atoms with Crippen molar-refractivity contribution in [3.05, 3.63) is 18.6 Å². The molecule has 0 spiro atoms. The number of anilines is 1. The monoisotopic (exact) mass is 146 g/mol. The minimum absolute atomic E-state index is 0.521. The summed E-state index contributed by atoms with van der Waals surface area (Å²) < 4.78 is 1.72. The summed E-state index contributed by atoms with van der Waals surface area (Å²) in [6.45, 7) is 0. The van der Waals surface area contributed by atoms with Gasteiger partial charge in [-0.1, -0.05) is 5.46 Å². The van der Waals surface area contributed by atoms with Crippen LogP contribution in [-0.2, 0) is 0 Å². The molecule has 2 rings (SSSR count). The van der Waals surface area contributed by atoms with E-state index in [-0.39, 0.29) is 0 Å². The van der Waals surface area contributed by atoms with Gasteiger partial charge in [-0.25, -0.2) is 9.50 Å². The first-order valence-electron chi connectivity index (χ1n) is 3.33. The van der Waals surface area contributed by atoms with Crippen LogP contribution in [0.25, 0.3) is 5.52 Å². The molecule has 0 fully saturated rings. The Balaban J connectivity index is 2.90. The molecule has 0 bridgehead atoms. The van der Waals surface area contributed by atoms with E-state index in [1.807, 2.05) is 20.1 Å². The maximum absolute atomic E-state index is 5.60. The van der Waals surface area contributed by atoms with E-state index in [1.165, 1.54) is 6.33 Å². The van der Waals surface area contributed by atoms with Gasteiger partial charge in [-0.15, -0.1) is 0 Å². The number of nitrogens with two attached hydrogens (primary N) is 1. The second-order valence-corrected chi connectivity index (χ2v) is 2.49. The summed E-state index contributed by atoms with van der Waals surface area (Å²) in [4.78, 5) is 3.87. The van der Waals surface area contributed by atoms with E-state index >= 15 is 0 Å². The topological polar surface area (TPSA) is 56.2 Å². The summed E-state index contributed by atoms with van der Waals surface area (Å²) in [5.74, 6) is 0.521. The highest BCUT2D eigenvalue weighted by molar-refractivity contribution is 6.32. The van der Waals surface area contributed by atoms with Crippen LogP contribution in [0.2, 0.25) is 0 Å². The number of fused-ring (bicyclic) bond motifs is 1. The molecular formula is C6H7BN4. The molecule has 0 saturated carbocycles. The number of nitrogen functional groups attached to an aromatic ring is 1. The predicted molar refractivity (Wildman–Crippen MR) is 45.6 cm³/mol. The molecule has 54 valence electrons. The van der Waals surface area contributed by atoms with Gasteiger partial charge in [0.2, 0.25) is 0 Å². The zero-order valence-corrected chi connectivity index (χ0v) is 6.15. The first-order chi connectivity index (χ1) is 5.27. The average Bonchev–Trinajstić information content (AvgIpc) is 2.31. The molecule has 0 aliphatic carbocycles. The maximum Gasteiger partial charge on any atom is 0.151 e. The molecule has 0 radical (unpaired) electrons. The first-order valence-corrected chi connectivity index (χ1v) is 3.33. The van der Waals surface area contributed by atoms with Gasteiger partial charge >= 0.3 is 0 Å². The van der Waals surface area contributed by atoms with Crippen LogP contribution in [0.15, 0.2) is 18.6 Å². The van der Waals surface area contributed by atoms with Crippen molar-refractivity contribution in [3.8, 4) is 0 Å². The standard InChI is InChI=1S/C6H7BN4/c7-4-1-5-6(8)9-3-10-11(5)2-4/h1-3H,7H2,(H2,8,9,10). The van der Waals surface area contributed by atoms with E-state index in [0.29, 0.717) is 5.82 Å². The highest BCUT2D eigenvalue weighted by Crippen LogP contribution is 2.05. The fraction of sp³-hybridized carbons (Fsp3) is 0. The molecule has 0 aromatic carbocycles. The molecule has 4 nitrogen and oxygen atoms in total. The van der Waals surface area contributed by atoms with E-state index < -0.39 is 0 Å². The Labute approximate surface area is 64.4 Å². The third kappa shape index (κ3) is 0.850. The summed E-state index contributed by atoms with van der Waals surface area (Å²) in [5, 5.41) is 3.99. The van der Waals surface area contributed by atoms with Crippen LogP contribution in [0, 0.1) is 0 Å². The van der Waals surface area contributed by atoms with Gasteiger partial charge < -0.3 is 5.73 Å². The van der Waals surface area contributed by atoms with Crippen LogP contribution in [0.4, 0.5) is 5.82 Å². The van der Waals surface area contributed by atoms with Gasteiger partial charge in [0.05, 0.1) is 0 Å². The molecule has 2 N–H and O–H groups in total. The fourth-order valence-electron chi connectivity index (χ4n) is 1.08. The van der Waals surface area contributed by atoms with Crippen molar-refractivity contribution in [3.63, 3.8) is 0 Å². The Morgan fingerprint density at radius 2 is 2.36 bits per heavy atom. The summed E-state index contributed by atoms with van der Waals surface area (Å²) in [7, 11) is 1.99. The molecule has 0 amide bonds. The van der Waals surface area contributed by atoms with Crippen LogP contribution in [0.1, 0.15) is 0 Å². The summed E-state index contributed by atoms with van der Waals surface area (Å²) in [6.07, 6.45) is 3.36. The van der Waals surface area contributed by atoms with Crippen LogP contribution in [0.3, 0.4) is 0 Å². The minimum atomic E-state index is 0.521. The summed E-state index contributed by atoms with van der Waals surface area (Å²) >= 11 is 0. The van der Waals surface area contributed by atoms with Crippen LogP contribution >= 0.6 is 0 Å². The first kappa shape index (κ1) is 6.21. The SMILES string of the molecule is Bc1cc2c(N)ncnn2c1. The molecule has 0 saturated heterocycles. The lowest BCUT2D eigenvalue weighted by molar-refractivity contribution is 0.909. The zero-order valence-electron chi connectivity index (χ0n) is 6.15. The van der Waals surface area contributed by atoms with Gasteiger partial charge in [-0.2, -0.15) is 5.10 Å². The molecule has 0 atom stereocenters. The van der Waals surface area contributed by atoms with E-state index in [2.05, 4.69) is 10.1 Å². The number of rotatable bonds is 0. The van der Waals surface area contributed by atoms with E-state index in [0.717, 1.165) is 11.0 Å². The van der Waals surface area contributed by atoms with Crippen molar-refractivity contribution in [2.75, 3.05) is 5.73 Å². The van der Waals surface area contributed by atoms with Crippen molar-refractivity contribution in [2.24, 2.45) is 0 Å². The van der Waals surface area contributed by atoms with Crippen molar-refractivity contribution < 1.29 is 0 Å². The van der Waals surface area contributed by atoms with Gasteiger partial charge in [-0.05, 0) is 6.07 Å². The Hall–Kier alpha value is -1.52. The van der Waals surface area contributed by atoms with Crippen molar-refractivity contribution >= 4 is 24.6 Å². The van der Waals surface area contributed by atoms with Gasteiger partial charge in [-0.3, -0.25) is 0 Å². The van der Waals surface area contributed by atoms with Gasteiger partial charge in [0.15, 0.2) is 5.82 Å². The molecule has 5 heteroatoms. The lowest BCUT2D eigenvalue weighted by Crippen LogP contribution is -1.97. The molecule has 0 unspecified atom stereocenters. The normalized spacial score (nSPS) is 10.5. The lowest BCUT2D eigenvalue weighted by Gasteiger charge is -1.93.